The molecule has 2 saturated heterocycles. The number of nitrogens with one attached hydrogen (secondary N) is 1. The molecule has 0 radical (unpaired) electrons. The fourth-order valence-electron chi connectivity index (χ4n) is 4.35. The van der Waals surface area contributed by atoms with Gasteiger partial charge in [-0.3, -0.25) is 10.3 Å². The highest BCUT2D eigenvalue weighted by Crippen LogP contribution is 2.53. The van der Waals surface area contributed by atoms with E-state index in [0.717, 1.165) is 25.0 Å². The van der Waals surface area contributed by atoms with Crippen molar-refractivity contribution in [3.05, 3.63) is 59.3 Å². The van der Waals surface area contributed by atoms with E-state index >= 15 is 0 Å². The molecule has 4 rings (SSSR count). The molecular formula is C21H25NO2S. The highest BCUT2D eigenvalue weighted by molar-refractivity contribution is 8.01. The molecule has 2 bridgehead atoms. The van der Waals surface area contributed by atoms with Crippen LogP contribution in [0.1, 0.15) is 37.7 Å². The van der Waals surface area contributed by atoms with Crippen LogP contribution in [0.5, 0.6) is 0 Å². The molecule has 2 fully saturated rings. The lowest BCUT2D eigenvalue weighted by molar-refractivity contribution is 0.113. The summed E-state index contributed by atoms with van der Waals surface area (Å²) in [5, 5.41) is 13.9. The van der Waals surface area contributed by atoms with Crippen LogP contribution in [0, 0.1) is 0 Å². The molecule has 132 valence electrons. The Bertz CT molecular complexity index is 803. The lowest BCUT2D eigenvalue weighted by atomic mass is 9.84. The van der Waals surface area contributed by atoms with Gasteiger partial charge in [-0.15, -0.1) is 11.8 Å². The summed E-state index contributed by atoms with van der Waals surface area (Å²) in [5.74, 6) is 0.343. The van der Waals surface area contributed by atoms with Gasteiger partial charge in [0, 0.05) is 16.9 Å². The average Bonchev–Trinajstić information content (AvgIpc) is 2.94. The van der Waals surface area contributed by atoms with Crippen molar-refractivity contribution < 1.29 is 9.94 Å². The maximum Gasteiger partial charge on any atom is 0.0708 e. The van der Waals surface area contributed by atoms with Gasteiger partial charge in [-0.25, -0.2) is 0 Å². The standard InChI is InChI=1S/C21H25NO2S/c1-3-18(22-24-2)20-17(11-16-12-19(23)21(20)25-16)15-9-8-13-6-4-5-7-14(13)10-15/h4-10,16-17,19,21-23H,3,11-12H2,1-2H3/t16?,17-,19?,21-/m1/s1. The summed E-state index contributed by atoms with van der Waals surface area (Å²) < 4.78 is 0. The van der Waals surface area contributed by atoms with Gasteiger partial charge in [0.25, 0.3) is 0 Å². The maximum atomic E-state index is 10.6. The summed E-state index contributed by atoms with van der Waals surface area (Å²) in [7, 11) is 1.66. The summed E-state index contributed by atoms with van der Waals surface area (Å²) in [6.07, 6.45) is 2.60. The van der Waals surface area contributed by atoms with Crippen molar-refractivity contribution in [2.45, 2.75) is 48.7 Å². The second-order valence-electron chi connectivity index (χ2n) is 6.97. The zero-order chi connectivity index (χ0) is 17.4. The molecule has 3 nitrogen and oxygen atoms in total. The number of hydrogen-bond acceptors (Lipinski definition) is 4. The van der Waals surface area contributed by atoms with E-state index in [1.165, 1.54) is 21.9 Å². The number of benzene rings is 2. The highest BCUT2D eigenvalue weighted by Gasteiger charge is 2.45. The summed E-state index contributed by atoms with van der Waals surface area (Å²) in [6, 6.07) is 15.3. The van der Waals surface area contributed by atoms with Crippen LogP contribution in [0.25, 0.3) is 10.8 Å². The number of thioether (sulfide) groups is 1. The quantitative estimate of drug-likeness (QED) is 0.799. The van der Waals surface area contributed by atoms with Crippen molar-refractivity contribution >= 4 is 22.5 Å². The van der Waals surface area contributed by atoms with Crippen LogP contribution >= 0.6 is 11.8 Å². The van der Waals surface area contributed by atoms with Crippen LogP contribution in [-0.4, -0.2) is 28.8 Å². The second-order valence-corrected chi connectivity index (χ2v) is 8.42. The molecule has 2 unspecified atom stereocenters. The van der Waals surface area contributed by atoms with Crippen LogP contribution in [-0.2, 0) is 4.84 Å². The molecule has 2 aliphatic rings. The zero-order valence-corrected chi connectivity index (χ0v) is 15.6. The van der Waals surface area contributed by atoms with Gasteiger partial charge in [0.05, 0.1) is 18.5 Å². The molecule has 0 aromatic heterocycles. The van der Waals surface area contributed by atoms with Gasteiger partial charge in [-0.05, 0) is 41.2 Å². The summed E-state index contributed by atoms with van der Waals surface area (Å²) in [6.45, 7) is 2.14. The van der Waals surface area contributed by atoms with Crippen LogP contribution in [0.3, 0.4) is 0 Å². The van der Waals surface area contributed by atoms with Crippen LogP contribution in [0.15, 0.2) is 53.7 Å². The van der Waals surface area contributed by atoms with Gasteiger partial charge >= 0.3 is 0 Å². The number of aliphatic hydroxyl groups is 1. The Morgan fingerprint density at radius 3 is 2.76 bits per heavy atom. The van der Waals surface area contributed by atoms with E-state index in [9.17, 15) is 5.11 Å². The van der Waals surface area contributed by atoms with E-state index in [2.05, 4.69) is 54.9 Å². The fourth-order valence-corrected chi connectivity index (χ4v) is 6.12. The number of fused-ring (bicyclic) bond motifs is 3. The lowest BCUT2D eigenvalue weighted by Gasteiger charge is -2.34. The van der Waals surface area contributed by atoms with E-state index in [0.29, 0.717) is 11.2 Å². The summed E-state index contributed by atoms with van der Waals surface area (Å²) in [5.41, 5.74) is 6.89. The van der Waals surface area contributed by atoms with E-state index < -0.39 is 0 Å². The minimum absolute atomic E-state index is 0.174. The second kappa shape index (κ2) is 7.02. The maximum absolute atomic E-state index is 10.6. The van der Waals surface area contributed by atoms with Crippen molar-refractivity contribution in [3.63, 3.8) is 0 Å². The third-order valence-corrected chi connectivity index (χ3v) is 7.11. The molecule has 0 spiro atoms. The van der Waals surface area contributed by atoms with Crippen molar-refractivity contribution in [2.24, 2.45) is 0 Å². The smallest absolute Gasteiger partial charge is 0.0708 e. The van der Waals surface area contributed by atoms with Crippen LogP contribution in [0.2, 0.25) is 0 Å². The monoisotopic (exact) mass is 355 g/mol. The Labute approximate surface area is 153 Å². The number of hydrogen-bond donors (Lipinski definition) is 2. The molecular weight excluding hydrogens is 330 g/mol. The molecule has 4 atom stereocenters. The molecule has 2 aromatic carbocycles. The third kappa shape index (κ3) is 3.07. The van der Waals surface area contributed by atoms with Crippen LogP contribution < -0.4 is 5.48 Å². The Kier molecular flexibility index (Phi) is 4.76. The van der Waals surface area contributed by atoms with Gasteiger partial charge < -0.3 is 5.11 Å². The highest BCUT2D eigenvalue weighted by atomic mass is 32.2. The first-order chi connectivity index (χ1) is 12.2. The first kappa shape index (κ1) is 17.0. The van der Waals surface area contributed by atoms with Crippen molar-refractivity contribution in [1.82, 2.24) is 5.48 Å². The number of hydroxylamine groups is 1. The van der Waals surface area contributed by atoms with E-state index in [4.69, 9.17) is 4.84 Å². The van der Waals surface area contributed by atoms with Crippen molar-refractivity contribution in [1.29, 1.82) is 0 Å². The SMILES string of the molecule is CCC(NOC)=C1[C@@H](c2ccc3ccccc3c2)CC2CC(O)[C@H]1S2. The van der Waals surface area contributed by atoms with Crippen molar-refractivity contribution in [2.75, 3.05) is 7.11 Å². The number of aliphatic hydroxyl groups excluding tert-OH is 1. The molecule has 4 heteroatoms. The molecule has 2 heterocycles. The van der Waals surface area contributed by atoms with Crippen LogP contribution in [0.4, 0.5) is 0 Å². The fraction of sp³-hybridized carbons (Fsp3) is 0.429. The molecule has 2 N–H and O–H groups in total. The predicted octanol–water partition coefficient (Wildman–Crippen LogP) is 4.38. The molecule has 0 amide bonds. The topological polar surface area (TPSA) is 41.5 Å². The normalized spacial score (nSPS) is 30.5. The first-order valence-electron chi connectivity index (χ1n) is 9.05. The number of allylic oxidation sites excluding steroid dienone is 1. The predicted molar refractivity (Wildman–Crippen MR) is 105 cm³/mol. The van der Waals surface area contributed by atoms with E-state index in [1.807, 2.05) is 11.8 Å². The Balaban J connectivity index is 1.81. The van der Waals surface area contributed by atoms with Gasteiger partial charge in [-0.1, -0.05) is 49.4 Å². The molecule has 0 aliphatic carbocycles. The average molecular weight is 356 g/mol. The first-order valence-corrected chi connectivity index (χ1v) is 9.99. The van der Waals surface area contributed by atoms with Crippen molar-refractivity contribution in [3.8, 4) is 0 Å². The minimum Gasteiger partial charge on any atom is -0.392 e. The molecule has 0 saturated carbocycles. The zero-order valence-electron chi connectivity index (χ0n) is 14.7. The lowest BCUT2D eigenvalue weighted by Crippen LogP contribution is -2.29. The largest absolute Gasteiger partial charge is 0.392 e. The Morgan fingerprint density at radius 2 is 2.00 bits per heavy atom. The molecule has 25 heavy (non-hydrogen) atoms. The van der Waals surface area contributed by atoms with E-state index in [1.54, 1.807) is 7.11 Å². The van der Waals surface area contributed by atoms with E-state index in [-0.39, 0.29) is 11.4 Å². The van der Waals surface area contributed by atoms with Gasteiger partial charge in [0.2, 0.25) is 0 Å². The number of rotatable bonds is 4. The Hall–Kier alpha value is -1.49. The molecule has 2 aromatic rings. The summed E-state index contributed by atoms with van der Waals surface area (Å²) >= 11 is 1.94. The van der Waals surface area contributed by atoms with Gasteiger partial charge in [0.15, 0.2) is 0 Å². The summed E-state index contributed by atoms with van der Waals surface area (Å²) in [4.78, 5) is 5.25. The van der Waals surface area contributed by atoms with Gasteiger partial charge in [-0.2, -0.15) is 0 Å². The Morgan fingerprint density at radius 1 is 1.20 bits per heavy atom. The molecule has 2 aliphatic heterocycles. The minimum atomic E-state index is -0.254. The van der Waals surface area contributed by atoms with Gasteiger partial charge in [0.1, 0.15) is 0 Å². The third-order valence-electron chi connectivity index (χ3n) is 5.48.